The quantitative estimate of drug-likeness (QED) is 0.384. The largest absolute Gasteiger partial charge is 0.435 e. The summed E-state index contributed by atoms with van der Waals surface area (Å²) in [4.78, 5) is 28.9. The fourth-order valence-corrected chi connectivity index (χ4v) is 4.07. The SMILES string of the molecule is Cc1cc(C2=NOC(c3cc(Cl)cc(C(F)(F)F)c3F)(C(F)(F)F)C2)ccc1C(=O)NCC(=O)NCC(C)(C)F. The number of alkyl halides is 7. The first-order valence-corrected chi connectivity index (χ1v) is 11.9. The van der Waals surface area contributed by atoms with Crippen molar-refractivity contribution in [1.82, 2.24) is 10.6 Å². The van der Waals surface area contributed by atoms with E-state index in [1.54, 1.807) is 0 Å². The lowest BCUT2D eigenvalue weighted by atomic mass is 9.85. The summed E-state index contributed by atoms with van der Waals surface area (Å²) in [6, 6.07) is 4.27. The van der Waals surface area contributed by atoms with Gasteiger partial charge in [-0.15, -0.1) is 0 Å². The second-order valence-corrected chi connectivity index (χ2v) is 10.1. The molecule has 0 spiro atoms. The highest BCUT2D eigenvalue weighted by molar-refractivity contribution is 6.30. The number of carbonyl (C=O) groups is 2. The van der Waals surface area contributed by atoms with Crippen molar-refractivity contribution in [2.75, 3.05) is 13.1 Å². The number of nitrogens with zero attached hydrogens (tertiary/aromatic N) is 1. The first-order valence-electron chi connectivity index (χ1n) is 11.5. The second kappa shape index (κ2) is 10.9. The molecule has 0 bridgehead atoms. The summed E-state index contributed by atoms with van der Waals surface area (Å²) >= 11 is 5.62. The summed E-state index contributed by atoms with van der Waals surface area (Å²) in [6.45, 7) is 3.18. The highest BCUT2D eigenvalue weighted by Gasteiger charge is 2.64. The molecule has 2 amide bonds. The molecule has 6 nitrogen and oxygen atoms in total. The number of hydrogen-bond acceptors (Lipinski definition) is 4. The van der Waals surface area contributed by atoms with Crippen LogP contribution in [0.5, 0.6) is 0 Å². The minimum atomic E-state index is -5.42. The maximum Gasteiger partial charge on any atom is 0.435 e. The molecule has 0 aliphatic carbocycles. The van der Waals surface area contributed by atoms with Gasteiger partial charge in [0.1, 0.15) is 11.5 Å². The number of rotatable bonds is 7. The van der Waals surface area contributed by atoms with Crippen LogP contribution in [0.15, 0.2) is 35.5 Å². The lowest BCUT2D eigenvalue weighted by molar-refractivity contribution is -0.277. The van der Waals surface area contributed by atoms with Gasteiger partial charge in [-0.1, -0.05) is 22.8 Å². The third kappa shape index (κ3) is 6.65. The topological polar surface area (TPSA) is 79.8 Å². The second-order valence-electron chi connectivity index (χ2n) is 9.65. The van der Waals surface area contributed by atoms with Crippen molar-refractivity contribution >= 4 is 29.1 Å². The molecule has 0 aromatic heterocycles. The maximum atomic E-state index is 14.8. The summed E-state index contributed by atoms with van der Waals surface area (Å²) in [5.74, 6) is -3.57. The van der Waals surface area contributed by atoms with Crippen molar-refractivity contribution in [3.8, 4) is 0 Å². The van der Waals surface area contributed by atoms with Crippen LogP contribution in [0.1, 0.15) is 52.9 Å². The monoisotopic (exact) mass is 599 g/mol. The molecule has 0 fully saturated rings. The van der Waals surface area contributed by atoms with E-state index in [-0.39, 0.29) is 35.0 Å². The van der Waals surface area contributed by atoms with Crippen molar-refractivity contribution in [1.29, 1.82) is 0 Å². The van der Waals surface area contributed by atoms with E-state index in [0.717, 1.165) is 0 Å². The van der Waals surface area contributed by atoms with Crippen LogP contribution in [0.2, 0.25) is 5.02 Å². The van der Waals surface area contributed by atoms with Crippen molar-refractivity contribution in [2.24, 2.45) is 5.16 Å². The molecule has 0 saturated carbocycles. The molecule has 2 aromatic rings. The van der Waals surface area contributed by atoms with Crippen LogP contribution in [0.4, 0.5) is 35.1 Å². The highest BCUT2D eigenvalue weighted by atomic mass is 35.5. The van der Waals surface area contributed by atoms with Gasteiger partial charge in [-0.3, -0.25) is 9.59 Å². The van der Waals surface area contributed by atoms with Crippen molar-refractivity contribution in [3.05, 3.63) is 69.0 Å². The van der Waals surface area contributed by atoms with Gasteiger partial charge in [0.25, 0.3) is 11.5 Å². The molecule has 1 heterocycles. The highest BCUT2D eigenvalue weighted by Crippen LogP contribution is 2.51. The average molecular weight is 600 g/mol. The Labute approximate surface area is 227 Å². The molecule has 15 heteroatoms. The van der Waals surface area contributed by atoms with Gasteiger partial charge < -0.3 is 15.5 Å². The Bertz CT molecular complexity index is 1350. The van der Waals surface area contributed by atoms with Crippen LogP contribution in [0.3, 0.4) is 0 Å². The number of benzene rings is 2. The van der Waals surface area contributed by atoms with Crippen LogP contribution in [-0.2, 0) is 21.4 Å². The zero-order chi connectivity index (χ0) is 30.3. The standard InChI is InChI=1S/C25H22ClF8N3O3/c1-12-6-13(4-5-15(12)21(39)35-10-19(38)36-11-22(2,3)28)18-9-23(40-37-18,25(32,33)34)16-7-14(26)8-17(20(16)27)24(29,30)31/h4-8H,9-11H2,1-3H3,(H,35,39)(H,36,38). The molecule has 2 aromatic carbocycles. The van der Waals surface area contributed by atoms with E-state index in [2.05, 4.69) is 20.6 Å². The fourth-order valence-electron chi connectivity index (χ4n) is 3.85. The van der Waals surface area contributed by atoms with E-state index in [1.807, 2.05) is 0 Å². The van der Waals surface area contributed by atoms with Gasteiger partial charge in [0, 0.05) is 16.1 Å². The van der Waals surface area contributed by atoms with E-state index in [4.69, 9.17) is 11.6 Å². The number of hydrogen-bond donors (Lipinski definition) is 2. The third-order valence-corrected chi connectivity index (χ3v) is 6.10. The molecule has 0 radical (unpaired) electrons. The number of nitrogens with one attached hydrogen (secondary N) is 2. The molecule has 1 aliphatic heterocycles. The Balaban J connectivity index is 1.85. The van der Waals surface area contributed by atoms with E-state index >= 15 is 0 Å². The third-order valence-electron chi connectivity index (χ3n) is 5.88. The summed E-state index contributed by atoms with van der Waals surface area (Å²) in [5, 5.41) is 7.23. The Hall–Kier alpha value is -3.42. The van der Waals surface area contributed by atoms with Gasteiger partial charge in [0.2, 0.25) is 5.91 Å². The lowest BCUT2D eigenvalue weighted by Crippen LogP contribution is -2.43. The zero-order valence-corrected chi connectivity index (χ0v) is 21.8. The Kier molecular flexibility index (Phi) is 8.45. The molecule has 1 aliphatic rings. The van der Waals surface area contributed by atoms with Crippen LogP contribution in [0.25, 0.3) is 0 Å². The Morgan fingerprint density at radius 2 is 1.70 bits per heavy atom. The van der Waals surface area contributed by atoms with Crippen molar-refractivity contribution < 1.29 is 49.5 Å². The van der Waals surface area contributed by atoms with E-state index in [0.29, 0.717) is 6.07 Å². The normalized spacial score (nSPS) is 17.8. The minimum Gasteiger partial charge on any atom is -0.374 e. The van der Waals surface area contributed by atoms with Gasteiger partial charge in [0.05, 0.1) is 30.8 Å². The molecular weight excluding hydrogens is 578 g/mol. The van der Waals surface area contributed by atoms with Crippen LogP contribution in [0, 0.1) is 12.7 Å². The predicted octanol–water partition coefficient (Wildman–Crippen LogP) is 5.98. The predicted molar refractivity (Wildman–Crippen MR) is 128 cm³/mol. The summed E-state index contributed by atoms with van der Waals surface area (Å²) in [6.07, 6.45) is -11.9. The number of aryl methyl sites for hydroxylation is 1. The average Bonchev–Trinajstić information content (AvgIpc) is 3.28. The first kappa shape index (κ1) is 31.1. The van der Waals surface area contributed by atoms with E-state index in [1.165, 1.54) is 39.0 Å². The van der Waals surface area contributed by atoms with Crippen LogP contribution >= 0.6 is 11.6 Å². The maximum absolute atomic E-state index is 14.8. The zero-order valence-electron chi connectivity index (χ0n) is 21.1. The Morgan fingerprint density at radius 1 is 1.05 bits per heavy atom. The molecule has 2 N–H and O–H groups in total. The van der Waals surface area contributed by atoms with Crippen LogP contribution in [-0.4, -0.2) is 42.5 Å². The van der Waals surface area contributed by atoms with Gasteiger partial charge in [-0.25, -0.2) is 8.78 Å². The number of carbonyl (C=O) groups excluding carboxylic acids is 2. The van der Waals surface area contributed by atoms with E-state index < -0.39 is 70.4 Å². The van der Waals surface area contributed by atoms with Crippen LogP contribution < -0.4 is 10.6 Å². The lowest BCUT2D eigenvalue weighted by Gasteiger charge is -2.30. The molecule has 0 saturated heterocycles. The molecule has 1 unspecified atom stereocenters. The minimum absolute atomic E-state index is 0.0153. The van der Waals surface area contributed by atoms with Gasteiger partial charge in [-0.05, 0) is 56.2 Å². The molecular formula is C25H22ClF8N3O3. The first-order chi connectivity index (χ1) is 18.2. The smallest absolute Gasteiger partial charge is 0.374 e. The van der Waals surface area contributed by atoms with Crippen molar-refractivity contribution in [2.45, 2.75) is 50.8 Å². The number of oxime groups is 1. The molecule has 3 rings (SSSR count). The molecule has 218 valence electrons. The van der Waals surface area contributed by atoms with Gasteiger partial charge in [-0.2, -0.15) is 26.3 Å². The van der Waals surface area contributed by atoms with Gasteiger partial charge >= 0.3 is 12.4 Å². The summed E-state index contributed by atoms with van der Waals surface area (Å²) < 4.78 is 111. The fraction of sp³-hybridized carbons (Fsp3) is 0.400. The summed E-state index contributed by atoms with van der Waals surface area (Å²) in [7, 11) is 0. The molecule has 1 atom stereocenters. The number of amides is 2. The van der Waals surface area contributed by atoms with Crippen molar-refractivity contribution in [3.63, 3.8) is 0 Å². The van der Waals surface area contributed by atoms with E-state index in [9.17, 15) is 44.7 Å². The van der Waals surface area contributed by atoms with Gasteiger partial charge in [0.15, 0.2) is 0 Å². The Morgan fingerprint density at radius 3 is 2.25 bits per heavy atom. The number of halogens is 9. The molecule has 40 heavy (non-hydrogen) atoms. The summed E-state index contributed by atoms with van der Waals surface area (Å²) in [5.41, 5.74) is -8.84.